The lowest BCUT2D eigenvalue weighted by atomic mass is 9.95. The summed E-state index contributed by atoms with van der Waals surface area (Å²) in [4.78, 5) is 10.2. The SMILES string of the molecule is CC(CS)CC(C)CCC(=O)O. The van der Waals surface area contributed by atoms with Crippen LogP contribution < -0.4 is 0 Å². The number of carboxylic acids is 1. The quantitative estimate of drug-likeness (QED) is 0.631. The van der Waals surface area contributed by atoms with E-state index in [4.69, 9.17) is 5.11 Å². The molecule has 0 spiro atoms. The largest absolute Gasteiger partial charge is 0.481 e. The first-order chi connectivity index (χ1) is 5.56. The fourth-order valence-corrected chi connectivity index (χ4v) is 1.40. The summed E-state index contributed by atoms with van der Waals surface area (Å²) >= 11 is 4.18. The van der Waals surface area contributed by atoms with Crippen LogP contribution >= 0.6 is 12.6 Å². The first-order valence-corrected chi connectivity index (χ1v) is 5.02. The summed E-state index contributed by atoms with van der Waals surface area (Å²) in [6.07, 6.45) is 2.16. The molecule has 1 N–H and O–H groups in total. The molecule has 3 heteroatoms. The van der Waals surface area contributed by atoms with Gasteiger partial charge in [0, 0.05) is 6.42 Å². The van der Waals surface area contributed by atoms with Gasteiger partial charge in [0.1, 0.15) is 0 Å². The molecule has 0 saturated carbocycles. The number of hydrogen-bond donors (Lipinski definition) is 2. The molecule has 0 bridgehead atoms. The van der Waals surface area contributed by atoms with Crippen LogP contribution in [0.5, 0.6) is 0 Å². The number of aliphatic carboxylic acids is 1. The molecule has 0 aliphatic rings. The molecule has 0 aromatic rings. The van der Waals surface area contributed by atoms with E-state index in [2.05, 4.69) is 26.5 Å². The summed E-state index contributed by atoms with van der Waals surface area (Å²) in [5, 5.41) is 8.44. The highest BCUT2D eigenvalue weighted by atomic mass is 32.1. The zero-order valence-electron chi connectivity index (χ0n) is 7.79. The molecule has 2 nitrogen and oxygen atoms in total. The molecule has 0 amide bonds. The molecule has 0 radical (unpaired) electrons. The van der Waals surface area contributed by atoms with Gasteiger partial charge in [0.15, 0.2) is 0 Å². The third-order valence-corrected chi connectivity index (χ3v) is 2.59. The van der Waals surface area contributed by atoms with Crippen LogP contribution in [0.25, 0.3) is 0 Å². The Morgan fingerprint density at radius 3 is 2.42 bits per heavy atom. The number of rotatable bonds is 6. The van der Waals surface area contributed by atoms with Crippen LogP contribution in [0.1, 0.15) is 33.1 Å². The van der Waals surface area contributed by atoms with Crippen LogP contribution in [0.15, 0.2) is 0 Å². The summed E-state index contributed by atoms with van der Waals surface area (Å²) < 4.78 is 0. The third-order valence-electron chi connectivity index (χ3n) is 1.97. The van der Waals surface area contributed by atoms with Gasteiger partial charge < -0.3 is 5.11 Å². The standard InChI is InChI=1S/C9H18O2S/c1-7(3-4-9(10)11)5-8(2)6-12/h7-8,12H,3-6H2,1-2H3,(H,10,11). The minimum atomic E-state index is -0.694. The average molecular weight is 190 g/mol. The van der Waals surface area contributed by atoms with Crippen molar-refractivity contribution in [1.29, 1.82) is 0 Å². The molecule has 0 fully saturated rings. The summed E-state index contributed by atoms with van der Waals surface area (Å²) in [7, 11) is 0. The Balaban J connectivity index is 3.45. The normalized spacial score (nSPS) is 15.6. The van der Waals surface area contributed by atoms with Crippen molar-refractivity contribution in [3.63, 3.8) is 0 Å². The fourth-order valence-electron chi connectivity index (χ4n) is 1.25. The van der Waals surface area contributed by atoms with E-state index in [1.54, 1.807) is 0 Å². The van der Waals surface area contributed by atoms with E-state index in [9.17, 15) is 4.79 Å². The minimum absolute atomic E-state index is 0.292. The van der Waals surface area contributed by atoms with Crippen LogP contribution in [0, 0.1) is 11.8 Å². The molecule has 0 aromatic carbocycles. The number of carboxylic acid groups (broad SMARTS) is 1. The highest BCUT2D eigenvalue weighted by molar-refractivity contribution is 7.80. The van der Waals surface area contributed by atoms with E-state index < -0.39 is 5.97 Å². The molecule has 0 aliphatic heterocycles. The fraction of sp³-hybridized carbons (Fsp3) is 0.889. The zero-order valence-corrected chi connectivity index (χ0v) is 8.68. The van der Waals surface area contributed by atoms with Gasteiger partial charge in [-0.2, -0.15) is 12.6 Å². The molecular weight excluding hydrogens is 172 g/mol. The van der Waals surface area contributed by atoms with Gasteiger partial charge in [-0.15, -0.1) is 0 Å². The molecule has 0 aromatic heterocycles. The predicted molar refractivity (Wildman–Crippen MR) is 53.7 cm³/mol. The summed E-state index contributed by atoms with van der Waals surface area (Å²) in [5.41, 5.74) is 0. The van der Waals surface area contributed by atoms with Crippen LogP contribution in [0.3, 0.4) is 0 Å². The van der Waals surface area contributed by atoms with Gasteiger partial charge in [0.05, 0.1) is 0 Å². The Kier molecular flexibility index (Phi) is 6.25. The number of carbonyl (C=O) groups is 1. The summed E-state index contributed by atoms with van der Waals surface area (Å²) in [6, 6.07) is 0. The van der Waals surface area contributed by atoms with Crippen molar-refractivity contribution in [2.24, 2.45) is 11.8 Å². The maximum absolute atomic E-state index is 10.2. The molecule has 2 atom stereocenters. The predicted octanol–water partition coefficient (Wildman–Crippen LogP) is 2.44. The van der Waals surface area contributed by atoms with E-state index in [0.29, 0.717) is 18.3 Å². The maximum atomic E-state index is 10.2. The van der Waals surface area contributed by atoms with Gasteiger partial charge in [-0.05, 0) is 30.4 Å². The molecule has 0 saturated heterocycles. The van der Waals surface area contributed by atoms with Crippen molar-refractivity contribution in [2.75, 3.05) is 5.75 Å². The highest BCUT2D eigenvalue weighted by Crippen LogP contribution is 2.17. The smallest absolute Gasteiger partial charge is 0.303 e. The van der Waals surface area contributed by atoms with Crippen molar-refractivity contribution in [1.82, 2.24) is 0 Å². The van der Waals surface area contributed by atoms with E-state index in [-0.39, 0.29) is 0 Å². The second-order valence-electron chi connectivity index (χ2n) is 3.56. The summed E-state index contributed by atoms with van der Waals surface area (Å²) in [5.74, 6) is 1.29. The molecule has 0 aliphatic carbocycles. The van der Waals surface area contributed by atoms with E-state index in [1.807, 2.05) is 0 Å². The third kappa shape index (κ3) is 6.53. The Hall–Kier alpha value is -0.180. The Morgan fingerprint density at radius 2 is 2.00 bits per heavy atom. The molecular formula is C9H18O2S. The average Bonchev–Trinajstić information content (AvgIpc) is 2.00. The molecule has 2 unspecified atom stereocenters. The minimum Gasteiger partial charge on any atom is -0.481 e. The highest BCUT2D eigenvalue weighted by Gasteiger charge is 2.08. The van der Waals surface area contributed by atoms with Crippen molar-refractivity contribution in [3.8, 4) is 0 Å². The molecule has 0 rings (SSSR count). The second-order valence-corrected chi connectivity index (χ2v) is 3.93. The number of hydrogen-bond acceptors (Lipinski definition) is 2. The molecule has 0 heterocycles. The van der Waals surface area contributed by atoms with Crippen LogP contribution in [-0.2, 0) is 4.79 Å². The van der Waals surface area contributed by atoms with Crippen molar-refractivity contribution in [2.45, 2.75) is 33.1 Å². The Morgan fingerprint density at radius 1 is 1.42 bits per heavy atom. The van der Waals surface area contributed by atoms with Crippen molar-refractivity contribution >= 4 is 18.6 Å². The van der Waals surface area contributed by atoms with Gasteiger partial charge in [-0.1, -0.05) is 13.8 Å². The second kappa shape index (κ2) is 6.35. The van der Waals surface area contributed by atoms with E-state index >= 15 is 0 Å². The van der Waals surface area contributed by atoms with E-state index in [1.165, 1.54) is 0 Å². The van der Waals surface area contributed by atoms with Gasteiger partial charge in [0.25, 0.3) is 0 Å². The Bertz CT molecular complexity index is 136. The first kappa shape index (κ1) is 11.8. The number of thiol groups is 1. The lowest BCUT2D eigenvalue weighted by Gasteiger charge is -2.13. The molecule has 72 valence electrons. The molecule has 12 heavy (non-hydrogen) atoms. The van der Waals surface area contributed by atoms with Gasteiger partial charge in [-0.25, -0.2) is 0 Å². The maximum Gasteiger partial charge on any atom is 0.303 e. The summed E-state index contributed by atoms with van der Waals surface area (Å²) in [6.45, 7) is 4.24. The topological polar surface area (TPSA) is 37.3 Å². The Labute approximate surface area is 79.8 Å². The van der Waals surface area contributed by atoms with Gasteiger partial charge in [0.2, 0.25) is 0 Å². The van der Waals surface area contributed by atoms with Crippen molar-refractivity contribution in [3.05, 3.63) is 0 Å². The van der Waals surface area contributed by atoms with Crippen molar-refractivity contribution < 1.29 is 9.90 Å². The van der Waals surface area contributed by atoms with Crippen LogP contribution in [0.4, 0.5) is 0 Å². The zero-order chi connectivity index (χ0) is 9.56. The van der Waals surface area contributed by atoms with Gasteiger partial charge >= 0.3 is 5.97 Å². The van der Waals surface area contributed by atoms with Crippen LogP contribution in [-0.4, -0.2) is 16.8 Å². The lowest BCUT2D eigenvalue weighted by molar-refractivity contribution is -0.137. The van der Waals surface area contributed by atoms with Gasteiger partial charge in [-0.3, -0.25) is 4.79 Å². The lowest BCUT2D eigenvalue weighted by Crippen LogP contribution is -2.06. The first-order valence-electron chi connectivity index (χ1n) is 4.39. The monoisotopic (exact) mass is 190 g/mol. The van der Waals surface area contributed by atoms with Crippen LogP contribution in [0.2, 0.25) is 0 Å². The van der Waals surface area contributed by atoms with E-state index in [0.717, 1.165) is 18.6 Å².